The van der Waals surface area contributed by atoms with E-state index in [4.69, 9.17) is 0 Å². The van der Waals surface area contributed by atoms with Crippen molar-refractivity contribution < 1.29 is 19.1 Å². The van der Waals surface area contributed by atoms with Gasteiger partial charge in [-0.05, 0) is 55.7 Å². The van der Waals surface area contributed by atoms with E-state index in [1.165, 1.54) is 16.7 Å². The number of Topliss-reactive ketones (excluding diaryl/α,β-unsaturated/α-hetero) is 1. The number of pyridine rings is 1. The summed E-state index contributed by atoms with van der Waals surface area (Å²) in [5.74, 6) is -1.42. The highest BCUT2D eigenvalue weighted by molar-refractivity contribution is 5.96. The molecule has 1 aromatic carbocycles. The molecule has 1 aliphatic heterocycles. The number of ketones is 1. The molecule has 0 aliphatic carbocycles. The highest BCUT2D eigenvalue weighted by Crippen LogP contribution is 2.30. The molecule has 0 fully saturated rings. The molecule has 0 saturated carbocycles. The molecule has 0 atom stereocenters. The lowest BCUT2D eigenvalue weighted by atomic mass is 9.97. The van der Waals surface area contributed by atoms with Crippen molar-refractivity contribution in [3.63, 3.8) is 0 Å². The Kier molecular flexibility index (Phi) is 7.25. The molecule has 0 radical (unpaired) electrons. The summed E-state index contributed by atoms with van der Waals surface area (Å²) in [5, 5.41) is 13.3. The van der Waals surface area contributed by atoms with Gasteiger partial charge < -0.3 is 10.4 Å². The van der Waals surface area contributed by atoms with E-state index in [0.29, 0.717) is 25.3 Å². The van der Waals surface area contributed by atoms with E-state index in [1.807, 2.05) is 30.9 Å². The number of nitrogens with one attached hydrogen (secondary N) is 1. The van der Waals surface area contributed by atoms with E-state index in [2.05, 4.69) is 15.3 Å². The Morgan fingerprint density at radius 2 is 1.78 bits per heavy atom. The average molecular weight is 494 g/mol. The summed E-state index contributed by atoms with van der Waals surface area (Å²) in [7, 11) is 0. The van der Waals surface area contributed by atoms with Crippen molar-refractivity contribution in [3.05, 3.63) is 87.6 Å². The summed E-state index contributed by atoms with van der Waals surface area (Å²) in [6, 6.07) is 9.42. The molecular weight excluding hydrogens is 465 g/mol. The number of carbonyl (C=O) groups excluding carboxylic acids is 2. The van der Waals surface area contributed by atoms with Gasteiger partial charge in [0.1, 0.15) is 11.6 Å². The molecule has 10 heteroatoms. The maximum Gasteiger partial charge on any atom is 0.296 e. The Morgan fingerprint density at radius 1 is 1.08 bits per heavy atom. The summed E-state index contributed by atoms with van der Waals surface area (Å²) in [6.07, 6.45) is 3.62. The number of aromatic hydroxyl groups is 1. The van der Waals surface area contributed by atoms with Crippen LogP contribution < -0.4 is 10.9 Å². The number of rotatable bonds is 8. The van der Waals surface area contributed by atoms with Crippen LogP contribution in [0, 0.1) is 5.82 Å². The zero-order chi connectivity index (χ0) is 25.9. The number of carbonyl (C=O) groups is 2. The molecule has 2 N–H and O–H groups in total. The molecule has 188 valence electrons. The molecule has 36 heavy (non-hydrogen) atoms. The predicted molar refractivity (Wildman–Crippen MR) is 130 cm³/mol. The van der Waals surface area contributed by atoms with Gasteiger partial charge in [0.2, 0.25) is 11.7 Å². The van der Waals surface area contributed by atoms with E-state index in [-0.39, 0.29) is 36.9 Å². The van der Waals surface area contributed by atoms with E-state index >= 15 is 0 Å². The summed E-state index contributed by atoms with van der Waals surface area (Å²) < 4.78 is 14.5. The minimum Gasteiger partial charge on any atom is -0.501 e. The van der Waals surface area contributed by atoms with Crippen LogP contribution in [0.4, 0.5) is 4.39 Å². The lowest BCUT2D eigenvalue weighted by molar-refractivity contribution is -0.124. The maximum absolute atomic E-state index is 13.1. The molecule has 0 bridgehead atoms. The second kappa shape index (κ2) is 10.4. The fourth-order valence-electron chi connectivity index (χ4n) is 4.29. The van der Waals surface area contributed by atoms with Gasteiger partial charge in [-0.1, -0.05) is 12.1 Å². The smallest absolute Gasteiger partial charge is 0.296 e. The topological polar surface area (TPSA) is 117 Å². The third-order valence-electron chi connectivity index (χ3n) is 6.47. The Morgan fingerprint density at radius 3 is 2.47 bits per heavy atom. The normalized spacial score (nSPS) is 14.8. The Balaban J connectivity index is 1.50. The van der Waals surface area contributed by atoms with Crippen LogP contribution >= 0.6 is 0 Å². The second-order valence-electron chi connectivity index (χ2n) is 9.25. The largest absolute Gasteiger partial charge is 0.501 e. The molecule has 1 amide bonds. The van der Waals surface area contributed by atoms with Gasteiger partial charge in [-0.25, -0.2) is 9.37 Å². The monoisotopic (exact) mass is 493 g/mol. The summed E-state index contributed by atoms with van der Waals surface area (Å²) in [5.41, 5.74) is -0.145. The fraction of sp³-hybridized carbons (Fsp3) is 0.346. The first-order chi connectivity index (χ1) is 17.2. The molecule has 0 spiro atoms. The second-order valence-corrected chi connectivity index (χ2v) is 9.25. The van der Waals surface area contributed by atoms with Crippen molar-refractivity contribution in [3.8, 4) is 5.75 Å². The molecule has 1 aliphatic rings. The first kappa shape index (κ1) is 25.2. The Bertz CT molecular complexity index is 1320. The van der Waals surface area contributed by atoms with Crippen molar-refractivity contribution in [1.82, 2.24) is 24.8 Å². The predicted octanol–water partition coefficient (Wildman–Crippen LogP) is 2.17. The SMILES string of the molecule is CC1(C)c2nc(C(=O)CCc3ccc(F)cc3)c(O)c(=O)n2CCN1CC(=O)NCc1ccncc1. The van der Waals surface area contributed by atoms with Crippen LogP contribution in [0.15, 0.2) is 53.6 Å². The standard InChI is InChI=1S/C26H28FN5O4/c1-26(2)25-30-22(20(33)8-5-17-3-6-19(27)7-4-17)23(35)24(36)32(25)14-13-31(26)16-21(34)29-15-18-9-11-28-12-10-18/h3-4,6-7,9-12,35H,5,8,13-16H2,1-2H3,(H,29,34). The number of hydrogen-bond acceptors (Lipinski definition) is 7. The summed E-state index contributed by atoms with van der Waals surface area (Å²) >= 11 is 0. The van der Waals surface area contributed by atoms with Crippen LogP contribution in [0.3, 0.4) is 0 Å². The molecule has 9 nitrogen and oxygen atoms in total. The van der Waals surface area contributed by atoms with Crippen molar-refractivity contribution in [1.29, 1.82) is 0 Å². The van der Waals surface area contributed by atoms with E-state index in [1.54, 1.807) is 24.5 Å². The van der Waals surface area contributed by atoms with Crippen molar-refractivity contribution in [2.45, 2.75) is 45.3 Å². The fourth-order valence-corrected chi connectivity index (χ4v) is 4.29. The number of fused-ring (bicyclic) bond motifs is 1. The van der Waals surface area contributed by atoms with Crippen molar-refractivity contribution >= 4 is 11.7 Å². The number of aryl methyl sites for hydroxylation is 1. The van der Waals surface area contributed by atoms with Crippen molar-refractivity contribution in [2.75, 3.05) is 13.1 Å². The van der Waals surface area contributed by atoms with Crippen molar-refractivity contribution in [2.24, 2.45) is 0 Å². The molecule has 3 aromatic rings. The minimum atomic E-state index is -0.856. The van der Waals surface area contributed by atoms with Crippen LogP contribution in [0.5, 0.6) is 5.75 Å². The molecule has 4 rings (SSSR count). The number of aromatic nitrogens is 3. The van der Waals surface area contributed by atoms with Gasteiger partial charge in [0, 0.05) is 38.4 Å². The van der Waals surface area contributed by atoms with Gasteiger partial charge in [0.05, 0.1) is 12.1 Å². The third kappa shape index (κ3) is 5.33. The van der Waals surface area contributed by atoms with Gasteiger partial charge in [-0.2, -0.15) is 0 Å². The van der Waals surface area contributed by atoms with Gasteiger partial charge in [-0.15, -0.1) is 0 Å². The number of halogens is 1. The first-order valence-electron chi connectivity index (χ1n) is 11.7. The Hall–Kier alpha value is -3.92. The summed E-state index contributed by atoms with van der Waals surface area (Å²) in [4.78, 5) is 48.7. The third-order valence-corrected chi connectivity index (χ3v) is 6.47. The van der Waals surface area contributed by atoms with E-state index < -0.39 is 22.6 Å². The highest BCUT2D eigenvalue weighted by atomic mass is 19.1. The number of hydrogen-bond donors (Lipinski definition) is 2. The van der Waals surface area contributed by atoms with Gasteiger partial charge in [-0.3, -0.25) is 28.8 Å². The molecule has 0 unspecified atom stereocenters. The number of benzene rings is 1. The molecule has 3 heterocycles. The Labute approximate surface area is 207 Å². The van der Waals surface area contributed by atoms with Gasteiger partial charge in [0.15, 0.2) is 11.5 Å². The zero-order valence-corrected chi connectivity index (χ0v) is 20.2. The van der Waals surface area contributed by atoms with Crippen LogP contribution in [0.25, 0.3) is 0 Å². The van der Waals surface area contributed by atoms with Crippen LogP contribution in [0.1, 0.15) is 47.7 Å². The molecule has 0 saturated heterocycles. The lowest BCUT2D eigenvalue weighted by Crippen LogP contribution is -2.55. The molecular formula is C26H28FN5O4. The highest BCUT2D eigenvalue weighted by Gasteiger charge is 2.39. The first-order valence-corrected chi connectivity index (χ1v) is 11.7. The van der Waals surface area contributed by atoms with E-state index in [0.717, 1.165) is 11.1 Å². The average Bonchev–Trinajstić information content (AvgIpc) is 2.86. The maximum atomic E-state index is 13.1. The van der Waals surface area contributed by atoms with Crippen LogP contribution in [0.2, 0.25) is 0 Å². The van der Waals surface area contributed by atoms with E-state index in [9.17, 15) is 23.9 Å². The number of nitrogens with zero attached hydrogens (tertiary/aromatic N) is 4. The molecule has 2 aromatic heterocycles. The lowest BCUT2D eigenvalue weighted by Gasteiger charge is -2.42. The van der Waals surface area contributed by atoms with Gasteiger partial charge >= 0.3 is 0 Å². The van der Waals surface area contributed by atoms with Crippen LogP contribution in [-0.4, -0.2) is 49.3 Å². The van der Waals surface area contributed by atoms with Crippen LogP contribution in [-0.2, 0) is 29.8 Å². The quantitative estimate of drug-likeness (QED) is 0.462. The summed E-state index contributed by atoms with van der Waals surface area (Å²) in [6.45, 7) is 4.70. The minimum absolute atomic E-state index is 0.00333. The van der Waals surface area contributed by atoms with Gasteiger partial charge in [0.25, 0.3) is 5.56 Å². The zero-order valence-electron chi connectivity index (χ0n) is 20.2. The number of amides is 1.